The lowest BCUT2D eigenvalue weighted by molar-refractivity contribution is -0.0727. The van der Waals surface area contributed by atoms with Crippen molar-refractivity contribution in [3.05, 3.63) is 41.9 Å². The van der Waals surface area contributed by atoms with E-state index in [0.29, 0.717) is 49.2 Å². The standard InChI is InChI=1S/C34H46N8O5/c1-34(2,3)47-33(46)41-19-23-17-40(18-24(20-41)28(23)43)30(44)21-12-13-27(35-15-21)37-32-36-16-22-14-26(31(45)39(4)5)42(29(22)38-32)25-10-8-6-7-9-11-25/h12-16,23-25,28,43H,6-11,17-20H2,1-5H3,(H,35,36,37,38)/t23-,24+,28?. The largest absolute Gasteiger partial charge is 0.444 e. The zero-order chi connectivity index (χ0) is 33.5. The molecular weight excluding hydrogens is 600 g/mol. The van der Waals surface area contributed by atoms with Crippen LogP contribution in [-0.2, 0) is 4.74 Å². The van der Waals surface area contributed by atoms with Crippen LogP contribution in [0, 0.1) is 11.8 Å². The van der Waals surface area contributed by atoms with Crippen LogP contribution in [0.2, 0.25) is 0 Å². The SMILES string of the molecule is CN(C)C(=O)c1cc2cnc(Nc3ccc(C(=O)N4C[C@H]5CN(C(=O)OC(C)(C)C)C[C@@H](C4)C5O)cn3)nc2n1C1CCCCCC1. The van der Waals surface area contributed by atoms with E-state index in [4.69, 9.17) is 9.72 Å². The molecule has 47 heavy (non-hydrogen) atoms. The van der Waals surface area contributed by atoms with Crippen LogP contribution in [0.15, 0.2) is 30.6 Å². The van der Waals surface area contributed by atoms with Gasteiger partial charge in [0.1, 0.15) is 22.8 Å². The second kappa shape index (κ2) is 13.1. The topological polar surface area (TPSA) is 146 Å². The second-order valence-electron chi connectivity index (χ2n) is 14.4. The summed E-state index contributed by atoms with van der Waals surface area (Å²) < 4.78 is 7.64. The lowest BCUT2D eigenvalue weighted by Crippen LogP contribution is -2.62. The molecule has 1 saturated carbocycles. The lowest BCUT2D eigenvalue weighted by atomic mass is 9.81. The van der Waals surface area contributed by atoms with E-state index in [1.807, 2.05) is 26.8 Å². The Morgan fingerprint density at radius 2 is 1.60 bits per heavy atom. The van der Waals surface area contributed by atoms with Gasteiger partial charge in [-0.3, -0.25) is 9.59 Å². The van der Waals surface area contributed by atoms with E-state index in [1.165, 1.54) is 19.0 Å². The van der Waals surface area contributed by atoms with Gasteiger partial charge in [-0.25, -0.2) is 14.8 Å². The fourth-order valence-corrected chi connectivity index (χ4v) is 7.09. The Morgan fingerprint density at radius 3 is 2.19 bits per heavy atom. The molecule has 3 atom stereocenters. The Kier molecular flexibility index (Phi) is 9.10. The zero-order valence-electron chi connectivity index (χ0n) is 28.0. The molecule has 252 valence electrons. The first kappa shape index (κ1) is 32.7. The van der Waals surface area contributed by atoms with Gasteiger partial charge in [0.25, 0.3) is 11.8 Å². The smallest absolute Gasteiger partial charge is 0.410 e. The minimum Gasteiger partial charge on any atom is -0.444 e. The fourth-order valence-electron chi connectivity index (χ4n) is 7.09. The van der Waals surface area contributed by atoms with Crippen molar-refractivity contribution in [2.75, 3.05) is 45.6 Å². The molecule has 3 aromatic heterocycles. The molecule has 2 N–H and O–H groups in total. The van der Waals surface area contributed by atoms with E-state index in [0.717, 1.165) is 36.7 Å². The summed E-state index contributed by atoms with van der Waals surface area (Å²) in [5, 5.41) is 14.8. The molecule has 5 heterocycles. The quantitative estimate of drug-likeness (QED) is 0.384. The highest BCUT2D eigenvalue weighted by Gasteiger charge is 2.45. The van der Waals surface area contributed by atoms with Crippen molar-refractivity contribution < 1.29 is 24.2 Å². The highest BCUT2D eigenvalue weighted by atomic mass is 16.6. The van der Waals surface area contributed by atoms with E-state index >= 15 is 0 Å². The molecule has 1 unspecified atom stereocenters. The van der Waals surface area contributed by atoms with Crippen molar-refractivity contribution in [1.29, 1.82) is 0 Å². The van der Waals surface area contributed by atoms with Gasteiger partial charge in [0.15, 0.2) is 0 Å². The number of anilines is 2. The summed E-state index contributed by atoms with van der Waals surface area (Å²) in [4.78, 5) is 58.1. The first-order valence-corrected chi connectivity index (χ1v) is 16.7. The molecule has 2 aliphatic heterocycles. The van der Waals surface area contributed by atoms with Gasteiger partial charge in [0, 0.05) is 75.9 Å². The number of carbonyl (C=O) groups excluding carboxylic acids is 3. The number of hydrogen-bond acceptors (Lipinski definition) is 9. The summed E-state index contributed by atoms with van der Waals surface area (Å²) in [6.07, 6.45) is 8.92. The van der Waals surface area contributed by atoms with E-state index in [2.05, 4.69) is 19.9 Å². The van der Waals surface area contributed by atoms with Crippen LogP contribution < -0.4 is 5.32 Å². The number of piperidine rings is 2. The van der Waals surface area contributed by atoms with Crippen LogP contribution in [0.1, 0.15) is 86.2 Å². The molecule has 3 aromatic rings. The number of hydrogen-bond donors (Lipinski definition) is 2. The number of aliphatic hydroxyl groups excluding tert-OH is 1. The Morgan fingerprint density at radius 1 is 0.936 bits per heavy atom. The molecule has 3 amide bonds. The molecule has 2 saturated heterocycles. The Balaban J connectivity index is 1.15. The maximum Gasteiger partial charge on any atom is 0.410 e. The number of ether oxygens (including phenoxy) is 1. The van der Waals surface area contributed by atoms with E-state index in [1.54, 1.807) is 47.1 Å². The normalized spacial score (nSPS) is 22.1. The molecule has 1 aliphatic carbocycles. The molecule has 0 radical (unpaired) electrons. The molecule has 3 aliphatic rings. The molecule has 13 heteroatoms. The number of nitrogens with one attached hydrogen (secondary N) is 1. The molecule has 13 nitrogen and oxygen atoms in total. The number of pyridine rings is 1. The van der Waals surface area contributed by atoms with Gasteiger partial charge < -0.3 is 34.4 Å². The van der Waals surface area contributed by atoms with E-state index in [-0.39, 0.29) is 29.7 Å². The van der Waals surface area contributed by atoms with Crippen LogP contribution in [0.3, 0.4) is 0 Å². The zero-order valence-corrected chi connectivity index (χ0v) is 28.0. The van der Waals surface area contributed by atoms with Crippen LogP contribution in [0.25, 0.3) is 11.0 Å². The van der Waals surface area contributed by atoms with Gasteiger partial charge in [-0.15, -0.1) is 0 Å². The van der Waals surface area contributed by atoms with E-state index < -0.39 is 17.8 Å². The maximum atomic E-state index is 13.5. The number of aliphatic hydroxyl groups is 1. The minimum absolute atomic E-state index is 0.0594. The first-order valence-electron chi connectivity index (χ1n) is 16.7. The Bertz CT molecular complexity index is 1610. The highest BCUT2D eigenvalue weighted by molar-refractivity contribution is 5.98. The number of likely N-dealkylation sites (tertiary alicyclic amines) is 2. The molecule has 6 rings (SSSR count). The molecule has 3 fully saturated rings. The highest BCUT2D eigenvalue weighted by Crippen LogP contribution is 2.34. The monoisotopic (exact) mass is 646 g/mol. The summed E-state index contributed by atoms with van der Waals surface area (Å²) in [6, 6.07) is 5.51. The fraction of sp³-hybridized carbons (Fsp3) is 0.588. The number of rotatable bonds is 5. The van der Waals surface area contributed by atoms with Crippen molar-refractivity contribution in [3.8, 4) is 0 Å². The summed E-state index contributed by atoms with van der Waals surface area (Å²) in [5.41, 5.74) is 1.16. The Hall–Kier alpha value is -4.26. The van der Waals surface area contributed by atoms with Gasteiger partial charge >= 0.3 is 6.09 Å². The van der Waals surface area contributed by atoms with E-state index in [9.17, 15) is 19.5 Å². The van der Waals surface area contributed by atoms with Crippen LogP contribution in [0.5, 0.6) is 0 Å². The number of fused-ring (bicyclic) bond motifs is 3. The summed E-state index contributed by atoms with van der Waals surface area (Å²) in [5.74, 6) is 0.0886. The van der Waals surface area contributed by atoms with Gasteiger partial charge in [-0.05, 0) is 51.8 Å². The third kappa shape index (κ3) is 7.04. The maximum absolute atomic E-state index is 13.5. The summed E-state index contributed by atoms with van der Waals surface area (Å²) in [7, 11) is 3.52. The number of carbonyl (C=O) groups is 3. The molecular formula is C34H46N8O5. The first-order chi connectivity index (χ1) is 22.4. The Labute approximate surface area is 275 Å². The second-order valence-corrected chi connectivity index (χ2v) is 14.4. The third-order valence-electron chi connectivity index (χ3n) is 9.37. The van der Waals surface area contributed by atoms with Crippen molar-refractivity contribution in [2.45, 2.75) is 77.0 Å². The molecule has 0 aromatic carbocycles. The van der Waals surface area contributed by atoms with Crippen molar-refractivity contribution in [3.63, 3.8) is 0 Å². The van der Waals surface area contributed by atoms with Gasteiger partial charge in [0.05, 0.1) is 11.7 Å². The predicted molar refractivity (Wildman–Crippen MR) is 177 cm³/mol. The van der Waals surface area contributed by atoms with Gasteiger partial charge in [-0.2, -0.15) is 4.98 Å². The van der Waals surface area contributed by atoms with Crippen molar-refractivity contribution in [1.82, 2.24) is 34.2 Å². The predicted octanol–water partition coefficient (Wildman–Crippen LogP) is 4.47. The third-order valence-corrected chi connectivity index (χ3v) is 9.37. The summed E-state index contributed by atoms with van der Waals surface area (Å²) >= 11 is 0. The molecule has 2 bridgehead atoms. The van der Waals surface area contributed by atoms with Crippen molar-refractivity contribution in [2.24, 2.45) is 11.8 Å². The van der Waals surface area contributed by atoms with Crippen LogP contribution in [-0.4, -0.2) is 109 Å². The average molecular weight is 647 g/mol. The number of amides is 3. The minimum atomic E-state index is -0.604. The van der Waals surface area contributed by atoms with Crippen molar-refractivity contribution >= 4 is 40.7 Å². The average Bonchev–Trinajstić information content (AvgIpc) is 3.17. The number of aromatic nitrogens is 4. The molecule has 0 spiro atoms. The van der Waals surface area contributed by atoms with Crippen LogP contribution >= 0.6 is 0 Å². The van der Waals surface area contributed by atoms with Crippen LogP contribution in [0.4, 0.5) is 16.6 Å². The summed E-state index contributed by atoms with van der Waals surface area (Å²) in [6.45, 7) is 6.81. The van der Waals surface area contributed by atoms with Gasteiger partial charge in [-0.1, -0.05) is 25.7 Å². The number of nitrogens with zero attached hydrogens (tertiary/aromatic N) is 7. The lowest BCUT2D eigenvalue weighted by Gasteiger charge is -2.48. The van der Waals surface area contributed by atoms with Gasteiger partial charge in [0.2, 0.25) is 5.95 Å².